The zero-order valence-corrected chi connectivity index (χ0v) is 10.8. The maximum atomic E-state index is 13.6. The predicted octanol–water partition coefficient (Wildman–Crippen LogP) is 3.72. The second-order valence-corrected chi connectivity index (χ2v) is 4.63. The Morgan fingerprint density at radius 2 is 1.68 bits per heavy atom. The molecule has 0 bridgehead atoms. The molecule has 3 N–H and O–H groups in total. The Bertz CT molecular complexity index is 578. The minimum Gasteiger partial charge on any atom is -0.508 e. The Hall–Kier alpha value is -2.23. The minimum absolute atomic E-state index is 0.0200. The Kier molecular flexibility index (Phi) is 3.60. The van der Waals surface area contributed by atoms with Crippen molar-refractivity contribution in [3.63, 3.8) is 0 Å². The molecule has 2 rings (SSSR count). The number of nitrogens with one attached hydrogen (secondary N) is 1. The molecule has 0 aromatic heterocycles. The van der Waals surface area contributed by atoms with E-state index in [0.717, 1.165) is 5.56 Å². The van der Waals surface area contributed by atoms with E-state index in [-0.39, 0.29) is 23.4 Å². The zero-order valence-electron chi connectivity index (χ0n) is 10.8. The summed E-state index contributed by atoms with van der Waals surface area (Å²) >= 11 is 0. The monoisotopic (exact) mass is 261 g/mol. The molecule has 2 aromatic rings. The molecule has 0 saturated carbocycles. The molecular formula is C15H16FNO2. The number of hydrogen-bond donors (Lipinski definition) is 3. The largest absolute Gasteiger partial charge is 0.508 e. The van der Waals surface area contributed by atoms with Gasteiger partial charge in [-0.2, -0.15) is 0 Å². The molecule has 0 spiro atoms. The minimum atomic E-state index is -0.332. The number of hydrogen-bond acceptors (Lipinski definition) is 3. The van der Waals surface area contributed by atoms with E-state index >= 15 is 0 Å². The van der Waals surface area contributed by atoms with Crippen LogP contribution in [0.25, 0.3) is 0 Å². The van der Waals surface area contributed by atoms with Crippen molar-refractivity contribution in [3.05, 3.63) is 53.3 Å². The van der Waals surface area contributed by atoms with Gasteiger partial charge in [-0.25, -0.2) is 4.39 Å². The number of rotatable bonds is 3. The molecule has 0 aliphatic rings. The molecule has 0 radical (unpaired) electrons. The SMILES string of the molecule is Cc1ccc(F)c(NC(C)c2cc(O)cc(O)c2)c1. The Morgan fingerprint density at radius 3 is 2.32 bits per heavy atom. The third-order valence-electron chi connectivity index (χ3n) is 2.92. The van der Waals surface area contributed by atoms with E-state index in [9.17, 15) is 14.6 Å². The van der Waals surface area contributed by atoms with Crippen LogP contribution in [-0.2, 0) is 0 Å². The van der Waals surface area contributed by atoms with Crippen LogP contribution in [0.4, 0.5) is 10.1 Å². The lowest BCUT2D eigenvalue weighted by Gasteiger charge is -2.17. The average Bonchev–Trinajstić information content (AvgIpc) is 2.32. The fourth-order valence-corrected chi connectivity index (χ4v) is 1.93. The fourth-order valence-electron chi connectivity index (χ4n) is 1.93. The van der Waals surface area contributed by atoms with Crippen LogP contribution in [0.2, 0.25) is 0 Å². The lowest BCUT2D eigenvalue weighted by atomic mass is 10.1. The number of phenolic OH excluding ortho intramolecular Hbond substituents is 2. The van der Waals surface area contributed by atoms with Gasteiger partial charge in [0.1, 0.15) is 17.3 Å². The maximum Gasteiger partial charge on any atom is 0.146 e. The molecule has 19 heavy (non-hydrogen) atoms. The first-order valence-corrected chi connectivity index (χ1v) is 6.01. The second-order valence-electron chi connectivity index (χ2n) is 4.63. The van der Waals surface area contributed by atoms with Gasteiger partial charge in [0.2, 0.25) is 0 Å². The summed E-state index contributed by atoms with van der Waals surface area (Å²) in [6.45, 7) is 3.71. The van der Waals surface area contributed by atoms with E-state index in [0.29, 0.717) is 11.3 Å². The highest BCUT2D eigenvalue weighted by Crippen LogP contribution is 2.28. The summed E-state index contributed by atoms with van der Waals surface area (Å²) in [6, 6.07) is 8.90. The Morgan fingerprint density at radius 1 is 1.05 bits per heavy atom. The van der Waals surface area contributed by atoms with Crippen molar-refractivity contribution in [2.24, 2.45) is 0 Å². The van der Waals surface area contributed by atoms with Gasteiger partial charge in [0.15, 0.2) is 0 Å². The van der Waals surface area contributed by atoms with Crippen molar-refractivity contribution < 1.29 is 14.6 Å². The highest BCUT2D eigenvalue weighted by Gasteiger charge is 2.10. The Balaban J connectivity index is 2.25. The number of anilines is 1. The topological polar surface area (TPSA) is 52.5 Å². The summed E-state index contributed by atoms with van der Waals surface area (Å²) in [5.74, 6) is -0.372. The summed E-state index contributed by atoms with van der Waals surface area (Å²) < 4.78 is 13.6. The lowest BCUT2D eigenvalue weighted by molar-refractivity contribution is 0.448. The van der Waals surface area contributed by atoms with Crippen molar-refractivity contribution in [3.8, 4) is 11.5 Å². The van der Waals surface area contributed by atoms with E-state index in [1.54, 1.807) is 12.1 Å². The smallest absolute Gasteiger partial charge is 0.146 e. The number of aromatic hydroxyl groups is 2. The summed E-state index contributed by atoms with van der Waals surface area (Å²) in [6.07, 6.45) is 0. The lowest BCUT2D eigenvalue weighted by Crippen LogP contribution is -2.08. The number of phenols is 2. The van der Waals surface area contributed by atoms with E-state index in [1.807, 2.05) is 13.8 Å². The van der Waals surface area contributed by atoms with Crippen LogP contribution in [0.3, 0.4) is 0 Å². The quantitative estimate of drug-likeness (QED) is 0.789. The highest BCUT2D eigenvalue weighted by atomic mass is 19.1. The van der Waals surface area contributed by atoms with Gasteiger partial charge >= 0.3 is 0 Å². The van der Waals surface area contributed by atoms with Crippen LogP contribution in [0.5, 0.6) is 11.5 Å². The van der Waals surface area contributed by atoms with Gasteiger partial charge in [-0.1, -0.05) is 6.07 Å². The first-order valence-electron chi connectivity index (χ1n) is 6.01. The molecule has 0 fully saturated rings. The van der Waals surface area contributed by atoms with Crippen LogP contribution in [0.15, 0.2) is 36.4 Å². The Labute approximate surface area is 111 Å². The molecule has 1 unspecified atom stereocenters. The molecule has 0 saturated heterocycles. The van der Waals surface area contributed by atoms with Crippen LogP contribution < -0.4 is 5.32 Å². The molecule has 0 amide bonds. The third-order valence-corrected chi connectivity index (χ3v) is 2.92. The molecule has 3 nitrogen and oxygen atoms in total. The molecule has 0 heterocycles. The predicted molar refractivity (Wildman–Crippen MR) is 72.9 cm³/mol. The molecule has 2 aromatic carbocycles. The standard InChI is InChI=1S/C15H16FNO2/c1-9-3-4-14(16)15(5-9)17-10(2)11-6-12(18)8-13(19)7-11/h3-8,10,17-19H,1-2H3. The van der Waals surface area contributed by atoms with E-state index in [2.05, 4.69) is 5.32 Å². The highest BCUT2D eigenvalue weighted by molar-refractivity contribution is 5.50. The van der Waals surface area contributed by atoms with E-state index in [4.69, 9.17) is 0 Å². The summed E-state index contributed by atoms with van der Waals surface area (Å²) in [7, 11) is 0. The summed E-state index contributed by atoms with van der Waals surface area (Å²) in [5, 5.41) is 21.9. The van der Waals surface area contributed by atoms with Crippen molar-refractivity contribution in [2.45, 2.75) is 19.9 Å². The third kappa shape index (κ3) is 3.16. The van der Waals surface area contributed by atoms with Gasteiger partial charge in [0, 0.05) is 12.1 Å². The summed E-state index contributed by atoms with van der Waals surface area (Å²) in [4.78, 5) is 0. The molecule has 0 aliphatic carbocycles. The fraction of sp³-hybridized carbons (Fsp3) is 0.200. The number of aryl methyl sites for hydroxylation is 1. The molecule has 1 atom stereocenters. The van der Waals surface area contributed by atoms with Gasteiger partial charge in [-0.15, -0.1) is 0 Å². The number of benzene rings is 2. The number of halogens is 1. The van der Waals surface area contributed by atoms with Crippen molar-refractivity contribution >= 4 is 5.69 Å². The van der Waals surface area contributed by atoms with Gasteiger partial charge in [0.25, 0.3) is 0 Å². The van der Waals surface area contributed by atoms with Crippen LogP contribution in [0.1, 0.15) is 24.1 Å². The zero-order chi connectivity index (χ0) is 14.0. The molecule has 100 valence electrons. The van der Waals surface area contributed by atoms with Gasteiger partial charge in [-0.3, -0.25) is 0 Å². The average molecular weight is 261 g/mol. The molecule has 4 heteroatoms. The first kappa shape index (κ1) is 13.2. The van der Waals surface area contributed by atoms with E-state index in [1.165, 1.54) is 24.3 Å². The van der Waals surface area contributed by atoms with Crippen LogP contribution >= 0.6 is 0 Å². The normalized spacial score (nSPS) is 12.2. The maximum absolute atomic E-state index is 13.6. The van der Waals surface area contributed by atoms with Crippen LogP contribution in [-0.4, -0.2) is 10.2 Å². The first-order chi connectivity index (χ1) is 8.95. The van der Waals surface area contributed by atoms with Gasteiger partial charge in [0.05, 0.1) is 5.69 Å². The molecule has 0 aliphatic heterocycles. The second kappa shape index (κ2) is 5.18. The van der Waals surface area contributed by atoms with Gasteiger partial charge in [-0.05, 0) is 49.2 Å². The summed E-state index contributed by atoms with van der Waals surface area (Å²) in [5.41, 5.74) is 2.03. The molecular weight excluding hydrogens is 245 g/mol. The van der Waals surface area contributed by atoms with Crippen molar-refractivity contribution in [1.29, 1.82) is 0 Å². The van der Waals surface area contributed by atoms with Crippen LogP contribution in [0, 0.1) is 12.7 Å². The van der Waals surface area contributed by atoms with Crippen molar-refractivity contribution in [2.75, 3.05) is 5.32 Å². The van der Waals surface area contributed by atoms with Crippen molar-refractivity contribution in [1.82, 2.24) is 0 Å². The van der Waals surface area contributed by atoms with E-state index < -0.39 is 0 Å². The van der Waals surface area contributed by atoms with Gasteiger partial charge < -0.3 is 15.5 Å².